The number of hydrogen-bond acceptors (Lipinski definition) is 6. The quantitative estimate of drug-likeness (QED) is 0.630. The lowest BCUT2D eigenvalue weighted by Crippen LogP contribution is -2.16. The molecule has 0 bridgehead atoms. The van der Waals surface area contributed by atoms with E-state index in [1.54, 1.807) is 18.2 Å². The summed E-state index contributed by atoms with van der Waals surface area (Å²) in [6, 6.07) is 13.0. The van der Waals surface area contributed by atoms with E-state index in [0.717, 1.165) is 6.42 Å². The standard InChI is InChI=1S/C19H20N4O4S/c1-3-12-27-19-18(21-16-6-4-5-7-17(16)22-19)23-28(25,26)15-10-8-14(9-11-15)20-13(2)24/h4-11H,3,12H2,1-2H3,(H,20,24)(H,21,23). The molecule has 0 aliphatic carbocycles. The van der Waals surface area contributed by atoms with Crippen LogP contribution in [-0.4, -0.2) is 30.9 Å². The first kappa shape index (κ1) is 19.6. The summed E-state index contributed by atoms with van der Waals surface area (Å²) >= 11 is 0. The van der Waals surface area contributed by atoms with Gasteiger partial charge in [-0.1, -0.05) is 19.1 Å². The molecule has 1 amide bonds. The van der Waals surface area contributed by atoms with E-state index in [-0.39, 0.29) is 22.5 Å². The zero-order valence-corrected chi connectivity index (χ0v) is 16.3. The Balaban J connectivity index is 1.94. The molecule has 28 heavy (non-hydrogen) atoms. The van der Waals surface area contributed by atoms with Gasteiger partial charge in [-0.3, -0.25) is 9.52 Å². The van der Waals surface area contributed by atoms with E-state index in [9.17, 15) is 13.2 Å². The van der Waals surface area contributed by atoms with Crippen molar-refractivity contribution in [3.05, 3.63) is 48.5 Å². The predicted octanol–water partition coefficient (Wildman–Crippen LogP) is 3.18. The van der Waals surface area contributed by atoms with Crippen molar-refractivity contribution < 1.29 is 17.9 Å². The van der Waals surface area contributed by atoms with Gasteiger partial charge in [0.1, 0.15) is 0 Å². The van der Waals surface area contributed by atoms with Crippen molar-refractivity contribution in [3.8, 4) is 5.88 Å². The van der Waals surface area contributed by atoms with E-state index in [4.69, 9.17) is 4.74 Å². The van der Waals surface area contributed by atoms with Gasteiger partial charge in [0.2, 0.25) is 11.7 Å². The molecule has 0 spiro atoms. The first-order valence-electron chi connectivity index (χ1n) is 8.69. The molecule has 0 saturated heterocycles. The molecule has 1 heterocycles. The Hall–Kier alpha value is -3.20. The van der Waals surface area contributed by atoms with Gasteiger partial charge in [-0.15, -0.1) is 0 Å². The summed E-state index contributed by atoms with van der Waals surface area (Å²) in [5.41, 5.74) is 1.66. The molecule has 0 radical (unpaired) electrons. The van der Waals surface area contributed by atoms with Crippen LogP contribution in [0.25, 0.3) is 11.0 Å². The molecule has 2 aromatic carbocycles. The third-order valence-electron chi connectivity index (χ3n) is 3.70. The number of carbonyl (C=O) groups is 1. The maximum absolute atomic E-state index is 12.8. The molecule has 1 aromatic heterocycles. The zero-order valence-electron chi connectivity index (χ0n) is 15.5. The average molecular weight is 400 g/mol. The first-order valence-corrected chi connectivity index (χ1v) is 10.2. The Bertz CT molecular complexity index is 1100. The van der Waals surface area contributed by atoms with Crippen molar-refractivity contribution in [1.29, 1.82) is 0 Å². The van der Waals surface area contributed by atoms with Gasteiger partial charge in [0.25, 0.3) is 15.9 Å². The van der Waals surface area contributed by atoms with Crippen LogP contribution in [0.2, 0.25) is 0 Å². The van der Waals surface area contributed by atoms with Crippen LogP contribution >= 0.6 is 0 Å². The summed E-state index contributed by atoms with van der Waals surface area (Å²) in [6.45, 7) is 3.70. The number of rotatable bonds is 7. The van der Waals surface area contributed by atoms with Gasteiger partial charge in [-0.05, 0) is 42.8 Å². The maximum Gasteiger partial charge on any atom is 0.263 e. The summed E-state index contributed by atoms with van der Waals surface area (Å²) in [7, 11) is -3.92. The lowest BCUT2D eigenvalue weighted by molar-refractivity contribution is -0.114. The molecule has 2 N–H and O–H groups in total. The second-order valence-corrected chi connectivity index (χ2v) is 7.71. The molecule has 0 saturated carbocycles. The minimum absolute atomic E-state index is 0.0259. The first-order chi connectivity index (χ1) is 13.4. The average Bonchev–Trinajstić information content (AvgIpc) is 2.66. The van der Waals surface area contributed by atoms with Crippen LogP contribution in [0.15, 0.2) is 53.4 Å². The molecule has 146 valence electrons. The van der Waals surface area contributed by atoms with E-state index in [1.807, 2.05) is 13.0 Å². The van der Waals surface area contributed by atoms with Gasteiger partial charge in [0.15, 0.2) is 0 Å². The lowest BCUT2D eigenvalue weighted by Gasteiger charge is -2.13. The van der Waals surface area contributed by atoms with E-state index in [2.05, 4.69) is 20.0 Å². The normalized spacial score (nSPS) is 11.2. The summed E-state index contributed by atoms with van der Waals surface area (Å²) in [4.78, 5) is 19.9. The van der Waals surface area contributed by atoms with Gasteiger partial charge in [0, 0.05) is 12.6 Å². The predicted molar refractivity (Wildman–Crippen MR) is 107 cm³/mol. The third kappa shape index (κ3) is 4.55. The SMILES string of the molecule is CCCOc1nc2ccccc2nc1NS(=O)(=O)c1ccc(NC(C)=O)cc1. The molecule has 3 rings (SSSR count). The lowest BCUT2D eigenvalue weighted by atomic mass is 10.3. The van der Waals surface area contributed by atoms with Crippen molar-refractivity contribution >= 4 is 38.5 Å². The van der Waals surface area contributed by atoms with Crippen molar-refractivity contribution in [3.63, 3.8) is 0 Å². The summed E-state index contributed by atoms with van der Waals surface area (Å²) in [6.07, 6.45) is 0.741. The Morgan fingerprint density at radius 1 is 1.04 bits per heavy atom. The molecule has 3 aromatic rings. The minimum atomic E-state index is -3.92. The van der Waals surface area contributed by atoms with Gasteiger partial charge >= 0.3 is 0 Å². The van der Waals surface area contributed by atoms with E-state index >= 15 is 0 Å². The largest absolute Gasteiger partial charge is 0.475 e. The number of hydrogen-bond donors (Lipinski definition) is 2. The number of para-hydroxylation sites is 2. The molecule has 8 nitrogen and oxygen atoms in total. The van der Waals surface area contributed by atoms with E-state index in [0.29, 0.717) is 23.3 Å². The smallest absolute Gasteiger partial charge is 0.263 e. The number of fused-ring (bicyclic) bond motifs is 1. The highest BCUT2D eigenvalue weighted by Gasteiger charge is 2.19. The van der Waals surface area contributed by atoms with Crippen LogP contribution < -0.4 is 14.8 Å². The molecule has 0 aliphatic heterocycles. The highest BCUT2D eigenvalue weighted by atomic mass is 32.2. The summed E-state index contributed by atoms with van der Waals surface area (Å²) < 4.78 is 33.6. The second kappa shape index (κ2) is 8.22. The van der Waals surface area contributed by atoms with E-state index < -0.39 is 10.0 Å². The Morgan fingerprint density at radius 3 is 2.29 bits per heavy atom. The Kier molecular flexibility index (Phi) is 5.74. The summed E-state index contributed by atoms with van der Waals surface area (Å²) in [5, 5.41) is 2.59. The fourth-order valence-electron chi connectivity index (χ4n) is 2.46. The third-order valence-corrected chi connectivity index (χ3v) is 5.05. The van der Waals surface area contributed by atoms with E-state index in [1.165, 1.54) is 31.2 Å². The van der Waals surface area contributed by atoms with Gasteiger partial charge in [-0.25, -0.2) is 18.4 Å². The fourth-order valence-corrected chi connectivity index (χ4v) is 3.46. The highest BCUT2D eigenvalue weighted by molar-refractivity contribution is 7.92. The number of sulfonamides is 1. The number of aromatic nitrogens is 2. The number of benzene rings is 2. The van der Waals surface area contributed by atoms with Gasteiger partial charge in [0.05, 0.1) is 22.5 Å². The molecule has 0 unspecified atom stereocenters. The van der Waals surface area contributed by atoms with Crippen LogP contribution in [0, 0.1) is 0 Å². The highest BCUT2D eigenvalue weighted by Crippen LogP contribution is 2.26. The van der Waals surface area contributed by atoms with Gasteiger partial charge < -0.3 is 10.1 Å². The van der Waals surface area contributed by atoms with Crippen molar-refractivity contribution in [2.24, 2.45) is 0 Å². The number of ether oxygens (including phenoxy) is 1. The Morgan fingerprint density at radius 2 is 1.68 bits per heavy atom. The molecular weight excluding hydrogens is 380 g/mol. The van der Waals surface area contributed by atoms with Crippen LogP contribution in [-0.2, 0) is 14.8 Å². The number of amides is 1. The number of nitrogens with one attached hydrogen (secondary N) is 2. The zero-order chi connectivity index (χ0) is 20.1. The topological polar surface area (TPSA) is 110 Å². The van der Waals surface area contributed by atoms with Gasteiger partial charge in [-0.2, -0.15) is 0 Å². The number of carbonyl (C=O) groups excluding carboxylic acids is 1. The molecule has 9 heteroatoms. The van der Waals surface area contributed by atoms with Crippen LogP contribution in [0.3, 0.4) is 0 Å². The Labute approximate surface area is 163 Å². The maximum atomic E-state index is 12.8. The van der Waals surface area contributed by atoms with Crippen LogP contribution in [0.5, 0.6) is 5.88 Å². The van der Waals surface area contributed by atoms with Crippen LogP contribution in [0.1, 0.15) is 20.3 Å². The van der Waals surface area contributed by atoms with Crippen LogP contribution in [0.4, 0.5) is 11.5 Å². The molecule has 0 fully saturated rings. The van der Waals surface area contributed by atoms with Crippen molar-refractivity contribution in [2.75, 3.05) is 16.6 Å². The monoisotopic (exact) mass is 400 g/mol. The summed E-state index contributed by atoms with van der Waals surface area (Å²) in [5.74, 6) is -0.0880. The van der Waals surface area contributed by atoms with Crippen molar-refractivity contribution in [2.45, 2.75) is 25.2 Å². The molecular formula is C19H20N4O4S. The van der Waals surface area contributed by atoms with Crippen molar-refractivity contribution in [1.82, 2.24) is 9.97 Å². The second-order valence-electron chi connectivity index (χ2n) is 6.03. The number of anilines is 2. The number of nitrogens with zero attached hydrogens (tertiary/aromatic N) is 2. The fraction of sp³-hybridized carbons (Fsp3) is 0.211. The molecule has 0 atom stereocenters. The minimum Gasteiger partial charge on any atom is -0.475 e. The molecule has 0 aliphatic rings.